The second-order valence-corrected chi connectivity index (χ2v) is 5.90. The molecule has 5 nitrogen and oxygen atoms in total. The van der Waals surface area contributed by atoms with E-state index in [1.54, 1.807) is 0 Å². The molecule has 0 bridgehead atoms. The molecule has 0 radical (unpaired) electrons. The molecule has 1 aromatic carbocycles. The standard InChI is InChI=1S/C17H23N3O2/c18-7-8-19-17(21)14-5-3-9-20(11-14)12-15-10-13-4-1-2-6-16(13)22-15/h1-2,4,6,10,14H,3,5,7-9,11-12,18H2,(H,19,21). The lowest BCUT2D eigenvalue weighted by Gasteiger charge is -2.31. The SMILES string of the molecule is NCCNC(=O)C1CCCN(Cc2cc3ccccc3o2)C1. The van der Waals surface area contributed by atoms with Crippen LogP contribution in [0.25, 0.3) is 11.0 Å². The fraction of sp³-hybridized carbons (Fsp3) is 0.471. The number of nitrogens with two attached hydrogens (primary N) is 1. The molecule has 0 saturated carbocycles. The molecular formula is C17H23N3O2. The Hall–Kier alpha value is -1.85. The summed E-state index contributed by atoms with van der Waals surface area (Å²) in [5, 5.41) is 4.03. The van der Waals surface area contributed by atoms with Crippen LogP contribution in [0, 0.1) is 5.92 Å². The Labute approximate surface area is 130 Å². The molecule has 1 aliphatic rings. The molecule has 1 fully saturated rings. The Bertz CT molecular complexity index is 605. The number of nitrogens with one attached hydrogen (secondary N) is 1. The van der Waals surface area contributed by atoms with Crippen LogP contribution in [0.5, 0.6) is 0 Å². The van der Waals surface area contributed by atoms with Crippen molar-refractivity contribution in [2.45, 2.75) is 19.4 Å². The van der Waals surface area contributed by atoms with Gasteiger partial charge in [-0.15, -0.1) is 0 Å². The third-order valence-electron chi connectivity index (χ3n) is 4.18. The molecule has 3 rings (SSSR count). The van der Waals surface area contributed by atoms with E-state index in [1.807, 2.05) is 18.2 Å². The molecule has 1 amide bonds. The first kappa shape index (κ1) is 15.1. The number of furan rings is 1. The van der Waals surface area contributed by atoms with Crippen molar-refractivity contribution in [3.63, 3.8) is 0 Å². The molecule has 22 heavy (non-hydrogen) atoms. The van der Waals surface area contributed by atoms with Crippen LogP contribution in [-0.2, 0) is 11.3 Å². The van der Waals surface area contributed by atoms with Gasteiger partial charge >= 0.3 is 0 Å². The van der Waals surface area contributed by atoms with E-state index in [4.69, 9.17) is 10.2 Å². The van der Waals surface area contributed by atoms with E-state index in [0.717, 1.165) is 49.2 Å². The summed E-state index contributed by atoms with van der Waals surface area (Å²) < 4.78 is 5.87. The average Bonchev–Trinajstić information content (AvgIpc) is 2.95. The molecule has 2 heterocycles. The number of piperidine rings is 1. The molecular weight excluding hydrogens is 278 g/mol. The maximum Gasteiger partial charge on any atom is 0.224 e. The predicted octanol–water partition coefficient (Wildman–Crippen LogP) is 1.72. The number of carbonyl (C=O) groups is 1. The lowest BCUT2D eigenvalue weighted by Crippen LogP contribution is -2.43. The monoisotopic (exact) mass is 301 g/mol. The van der Waals surface area contributed by atoms with E-state index in [-0.39, 0.29) is 11.8 Å². The predicted molar refractivity (Wildman–Crippen MR) is 86.3 cm³/mol. The summed E-state index contributed by atoms with van der Waals surface area (Å²) in [7, 11) is 0. The molecule has 3 N–H and O–H groups in total. The van der Waals surface area contributed by atoms with Gasteiger partial charge in [0.1, 0.15) is 11.3 Å². The van der Waals surface area contributed by atoms with Crippen molar-refractivity contribution in [3.05, 3.63) is 36.1 Å². The summed E-state index contributed by atoms with van der Waals surface area (Å²) >= 11 is 0. The first-order chi connectivity index (χ1) is 10.8. The van der Waals surface area contributed by atoms with Gasteiger partial charge in [-0.25, -0.2) is 0 Å². The number of carbonyl (C=O) groups excluding carboxylic acids is 1. The summed E-state index contributed by atoms with van der Waals surface area (Å²) in [5.74, 6) is 1.15. The van der Waals surface area contributed by atoms with Gasteiger partial charge in [0.25, 0.3) is 0 Å². The lowest BCUT2D eigenvalue weighted by molar-refractivity contribution is -0.126. The Kier molecular flexibility index (Phi) is 4.75. The van der Waals surface area contributed by atoms with Crippen LogP contribution in [0.4, 0.5) is 0 Å². The number of amides is 1. The largest absolute Gasteiger partial charge is 0.460 e. The third-order valence-corrected chi connectivity index (χ3v) is 4.18. The molecule has 2 aromatic rings. The maximum absolute atomic E-state index is 12.1. The minimum atomic E-state index is 0.0599. The molecule has 0 spiro atoms. The van der Waals surface area contributed by atoms with Gasteiger partial charge < -0.3 is 15.5 Å². The van der Waals surface area contributed by atoms with E-state index in [0.29, 0.717) is 13.1 Å². The van der Waals surface area contributed by atoms with Gasteiger partial charge in [-0.05, 0) is 31.5 Å². The molecule has 1 atom stereocenters. The maximum atomic E-state index is 12.1. The van der Waals surface area contributed by atoms with E-state index < -0.39 is 0 Å². The van der Waals surface area contributed by atoms with Crippen molar-refractivity contribution in [1.29, 1.82) is 0 Å². The zero-order chi connectivity index (χ0) is 15.4. The van der Waals surface area contributed by atoms with Crippen LogP contribution in [0.1, 0.15) is 18.6 Å². The topological polar surface area (TPSA) is 71.5 Å². The molecule has 5 heteroatoms. The van der Waals surface area contributed by atoms with Gasteiger partial charge in [0.15, 0.2) is 0 Å². The number of benzene rings is 1. The molecule has 0 aliphatic carbocycles. The lowest BCUT2D eigenvalue weighted by atomic mass is 9.97. The van der Waals surface area contributed by atoms with Crippen molar-refractivity contribution in [2.24, 2.45) is 11.7 Å². The van der Waals surface area contributed by atoms with Gasteiger partial charge in [-0.1, -0.05) is 18.2 Å². The van der Waals surface area contributed by atoms with Crippen molar-refractivity contribution in [2.75, 3.05) is 26.2 Å². The van der Waals surface area contributed by atoms with Crippen LogP contribution in [0.2, 0.25) is 0 Å². The van der Waals surface area contributed by atoms with Crippen molar-refractivity contribution < 1.29 is 9.21 Å². The fourth-order valence-corrected chi connectivity index (χ4v) is 3.09. The van der Waals surface area contributed by atoms with Gasteiger partial charge in [-0.2, -0.15) is 0 Å². The van der Waals surface area contributed by atoms with Gasteiger partial charge in [0.2, 0.25) is 5.91 Å². The van der Waals surface area contributed by atoms with Crippen molar-refractivity contribution >= 4 is 16.9 Å². The quantitative estimate of drug-likeness (QED) is 0.882. The second-order valence-electron chi connectivity index (χ2n) is 5.90. The Morgan fingerprint density at radius 2 is 2.27 bits per heavy atom. The first-order valence-corrected chi connectivity index (χ1v) is 7.94. The first-order valence-electron chi connectivity index (χ1n) is 7.94. The van der Waals surface area contributed by atoms with Crippen LogP contribution in [0.3, 0.4) is 0 Å². The van der Waals surface area contributed by atoms with Crippen LogP contribution >= 0.6 is 0 Å². The van der Waals surface area contributed by atoms with Crippen LogP contribution < -0.4 is 11.1 Å². The number of hydrogen-bond donors (Lipinski definition) is 2. The Morgan fingerprint density at radius 1 is 1.41 bits per heavy atom. The zero-order valence-electron chi connectivity index (χ0n) is 12.8. The summed E-state index contributed by atoms with van der Waals surface area (Å²) in [6.45, 7) is 3.60. The minimum absolute atomic E-state index is 0.0599. The van der Waals surface area contributed by atoms with Crippen LogP contribution in [0.15, 0.2) is 34.7 Å². The molecule has 1 saturated heterocycles. The average molecular weight is 301 g/mol. The second kappa shape index (κ2) is 6.94. The highest BCUT2D eigenvalue weighted by Crippen LogP contribution is 2.23. The summed E-state index contributed by atoms with van der Waals surface area (Å²) in [4.78, 5) is 14.4. The van der Waals surface area contributed by atoms with Crippen LogP contribution in [-0.4, -0.2) is 37.0 Å². The molecule has 118 valence electrons. The number of rotatable bonds is 5. The zero-order valence-corrected chi connectivity index (χ0v) is 12.8. The number of fused-ring (bicyclic) bond motifs is 1. The van der Waals surface area contributed by atoms with Gasteiger partial charge in [0, 0.05) is 25.0 Å². The third kappa shape index (κ3) is 3.48. The van der Waals surface area contributed by atoms with E-state index >= 15 is 0 Å². The Balaban J connectivity index is 1.61. The van der Waals surface area contributed by atoms with E-state index in [9.17, 15) is 4.79 Å². The van der Waals surface area contributed by atoms with Gasteiger partial charge in [-0.3, -0.25) is 9.69 Å². The highest BCUT2D eigenvalue weighted by atomic mass is 16.3. The summed E-state index contributed by atoms with van der Waals surface area (Å²) in [6, 6.07) is 10.1. The summed E-state index contributed by atoms with van der Waals surface area (Å²) in [6.07, 6.45) is 1.99. The highest BCUT2D eigenvalue weighted by Gasteiger charge is 2.26. The number of likely N-dealkylation sites (tertiary alicyclic amines) is 1. The number of nitrogens with zero attached hydrogens (tertiary/aromatic N) is 1. The summed E-state index contributed by atoms with van der Waals surface area (Å²) in [5.41, 5.74) is 6.36. The Morgan fingerprint density at radius 3 is 3.09 bits per heavy atom. The number of hydrogen-bond acceptors (Lipinski definition) is 4. The van der Waals surface area contributed by atoms with Crippen molar-refractivity contribution in [1.82, 2.24) is 10.2 Å². The molecule has 1 aliphatic heterocycles. The minimum Gasteiger partial charge on any atom is -0.460 e. The highest BCUT2D eigenvalue weighted by molar-refractivity contribution is 5.79. The fourth-order valence-electron chi connectivity index (χ4n) is 3.09. The number of para-hydroxylation sites is 1. The van der Waals surface area contributed by atoms with Gasteiger partial charge in [0.05, 0.1) is 12.5 Å². The molecule has 1 aromatic heterocycles. The van der Waals surface area contributed by atoms with E-state index in [2.05, 4.69) is 22.3 Å². The smallest absolute Gasteiger partial charge is 0.224 e. The van der Waals surface area contributed by atoms with E-state index in [1.165, 1.54) is 0 Å². The molecule has 1 unspecified atom stereocenters. The van der Waals surface area contributed by atoms with Crippen molar-refractivity contribution in [3.8, 4) is 0 Å². The normalized spacial score (nSPS) is 19.4.